The molecule has 104 valence electrons. The van der Waals surface area contributed by atoms with Crippen LogP contribution in [0.1, 0.15) is 11.1 Å². The molecule has 0 unspecified atom stereocenters. The van der Waals surface area contributed by atoms with Crippen LogP contribution in [0.3, 0.4) is 0 Å². The Morgan fingerprint density at radius 3 is 2.40 bits per heavy atom. The van der Waals surface area contributed by atoms with Gasteiger partial charge in [-0.3, -0.25) is 0 Å². The van der Waals surface area contributed by atoms with Crippen molar-refractivity contribution < 1.29 is 0 Å². The van der Waals surface area contributed by atoms with Gasteiger partial charge in [-0.1, -0.05) is 41.9 Å². The summed E-state index contributed by atoms with van der Waals surface area (Å²) in [7, 11) is 5.71. The number of hydrogen-bond donors (Lipinski definition) is 1. The van der Waals surface area contributed by atoms with Gasteiger partial charge in [-0.15, -0.1) is 0 Å². The predicted molar refractivity (Wildman–Crippen MR) is 86.8 cm³/mol. The smallest absolute Gasteiger partial charge is 0.0997 e. The maximum absolute atomic E-state index is 6.15. The first-order valence-electron chi connectivity index (χ1n) is 6.41. The SMILES string of the molecule is CNc1ccc(Cl)cc1/C(=N\N(C)C)c1ccccc1. The van der Waals surface area contributed by atoms with Gasteiger partial charge < -0.3 is 10.3 Å². The molecule has 0 spiro atoms. The van der Waals surface area contributed by atoms with Gasteiger partial charge in [-0.05, 0) is 18.2 Å². The number of halogens is 1. The van der Waals surface area contributed by atoms with Crippen molar-refractivity contribution in [2.24, 2.45) is 5.10 Å². The summed E-state index contributed by atoms with van der Waals surface area (Å²) in [4.78, 5) is 0. The number of nitrogens with zero attached hydrogens (tertiary/aromatic N) is 2. The van der Waals surface area contributed by atoms with Crippen molar-refractivity contribution in [2.45, 2.75) is 0 Å². The fourth-order valence-corrected chi connectivity index (χ4v) is 2.17. The van der Waals surface area contributed by atoms with E-state index in [0.717, 1.165) is 22.5 Å². The Hall–Kier alpha value is -2.00. The van der Waals surface area contributed by atoms with Crippen LogP contribution in [0.15, 0.2) is 53.6 Å². The fourth-order valence-electron chi connectivity index (χ4n) is 1.99. The third kappa shape index (κ3) is 3.31. The van der Waals surface area contributed by atoms with E-state index in [4.69, 9.17) is 11.6 Å². The number of anilines is 1. The second-order valence-corrected chi connectivity index (χ2v) is 5.04. The summed E-state index contributed by atoms with van der Waals surface area (Å²) in [6, 6.07) is 15.9. The van der Waals surface area contributed by atoms with Gasteiger partial charge in [0, 0.05) is 43.0 Å². The van der Waals surface area contributed by atoms with E-state index in [0.29, 0.717) is 5.02 Å². The van der Waals surface area contributed by atoms with E-state index in [-0.39, 0.29) is 0 Å². The minimum atomic E-state index is 0.696. The van der Waals surface area contributed by atoms with E-state index >= 15 is 0 Å². The Kier molecular flexibility index (Phi) is 4.64. The second kappa shape index (κ2) is 6.44. The van der Waals surface area contributed by atoms with Crippen molar-refractivity contribution in [3.63, 3.8) is 0 Å². The summed E-state index contributed by atoms with van der Waals surface area (Å²) in [6.07, 6.45) is 0. The zero-order chi connectivity index (χ0) is 14.5. The van der Waals surface area contributed by atoms with Crippen LogP contribution in [0.25, 0.3) is 0 Å². The summed E-state index contributed by atoms with van der Waals surface area (Å²) in [5.74, 6) is 0. The van der Waals surface area contributed by atoms with E-state index in [1.165, 1.54) is 0 Å². The Bertz CT molecular complexity index is 606. The van der Waals surface area contributed by atoms with E-state index in [2.05, 4.69) is 10.4 Å². The zero-order valence-corrected chi connectivity index (χ0v) is 12.6. The summed E-state index contributed by atoms with van der Waals surface area (Å²) >= 11 is 6.15. The number of benzene rings is 2. The van der Waals surface area contributed by atoms with Crippen molar-refractivity contribution >= 4 is 23.0 Å². The predicted octanol–water partition coefficient (Wildman–Crippen LogP) is 3.70. The number of rotatable bonds is 4. The van der Waals surface area contributed by atoms with E-state index in [1.807, 2.05) is 69.7 Å². The summed E-state index contributed by atoms with van der Waals surface area (Å²) < 4.78 is 0. The highest BCUT2D eigenvalue weighted by atomic mass is 35.5. The molecule has 0 heterocycles. The highest BCUT2D eigenvalue weighted by molar-refractivity contribution is 6.31. The molecule has 4 heteroatoms. The molecule has 0 amide bonds. The molecule has 0 aliphatic carbocycles. The number of nitrogens with one attached hydrogen (secondary N) is 1. The Morgan fingerprint density at radius 1 is 1.10 bits per heavy atom. The molecule has 0 aromatic heterocycles. The van der Waals surface area contributed by atoms with Crippen LogP contribution >= 0.6 is 11.6 Å². The topological polar surface area (TPSA) is 27.6 Å². The van der Waals surface area contributed by atoms with Gasteiger partial charge in [0.05, 0.1) is 5.71 Å². The van der Waals surface area contributed by atoms with Crippen molar-refractivity contribution in [2.75, 3.05) is 26.5 Å². The molecule has 2 aromatic rings. The maximum atomic E-state index is 6.15. The molecule has 2 aromatic carbocycles. The maximum Gasteiger partial charge on any atom is 0.0997 e. The number of hydrogen-bond acceptors (Lipinski definition) is 3. The first-order chi connectivity index (χ1) is 9.61. The van der Waals surface area contributed by atoms with Gasteiger partial charge in [0.25, 0.3) is 0 Å². The second-order valence-electron chi connectivity index (χ2n) is 4.60. The van der Waals surface area contributed by atoms with Gasteiger partial charge in [0.2, 0.25) is 0 Å². The quantitative estimate of drug-likeness (QED) is 0.686. The number of hydrazone groups is 1. The zero-order valence-electron chi connectivity index (χ0n) is 11.9. The molecule has 20 heavy (non-hydrogen) atoms. The van der Waals surface area contributed by atoms with Gasteiger partial charge in [-0.2, -0.15) is 5.10 Å². The van der Waals surface area contributed by atoms with Crippen LogP contribution in [0, 0.1) is 0 Å². The lowest BCUT2D eigenvalue weighted by atomic mass is 10.0. The monoisotopic (exact) mass is 287 g/mol. The molecule has 0 fully saturated rings. The Labute approximate surface area is 124 Å². The summed E-state index contributed by atoms with van der Waals surface area (Å²) in [5.41, 5.74) is 3.93. The molecular weight excluding hydrogens is 270 g/mol. The standard InChI is InChI=1S/C16H18ClN3/c1-18-15-10-9-13(17)11-14(15)16(19-20(2)3)12-7-5-4-6-8-12/h4-11,18H,1-3H3/b19-16-. The van der Waals surface area contributed by atoms with Gasteiger partial charge in [0.1, 0.15) is 0 Å². The lowest BCUT2D eigenvalue weighted by Gasteiger charge is -2.15. The molecule has 0 aliphatic rings. The van der Waals surface area contributed by atoms with Crippen LogP contribution in [0.4, 0.5) is 5.69 Å². The van der Waals surface area contributed by atoms with E-state index in [1.54, 1.807) is 5.01 Å². The molecule has 0 bridgehead atoms. The van der Waals surface area contributed by atoms with Gasteiger partial charge >= 0.3 is 0 Å². The third-order valence-electron chi connectivity index (χ3n) is 2.85. The fraction of sp³-hybridized carbons (Fsp3) is 0.188. The van der Waals surface area contributed by atoms with Crippen molar-refractivity contribution in [3.05, 3.63) is 64.7 Å². The first-order valence-corrected chi connectivity index (χ1v) is 6.78. The van der Waals surface area contributed by atoms with Crippen LogP contribution in [0.5, 0.6) is 0 Å². The molecule has 0 aliphatic heterocycles. The van der Waals surface area contributed by atoms with Crippen LogP contribution in [-0.4, -0.2) is 31.9 Å². The highest BCUT2D eigenvalue weighted by Crippen LogP contribution is 2.24. The van der Waals surface area contributed by atoms with Crippen LogP contribution in [-0.2, 0) is 0 Å². The Morgan fingerprint density at radius 2 is 1.80 bits per heavy atom. The minimum absolute atomic E-state index is 0.696. The van der Waals surface area contributed by atoms with E-state index < -0.39 is 0 Å². The molecule has 0 saturated heterocycles. The molecule has 0 saturated carbocycles. The largest absolute Gasteiger partial charge is 0.388 e. The molecule has 3 nitrogen and oxygen atoms in total. The molecule has 0 atom stereocenters. The van der Waals surface area contributed by atoms with Crippen molar-refractivity contribution in [1.29, 1.82) is 0 Å². The van der Waals surface area contributed by atoms with Gasteiger partial charge in [0.15, 0.2) is 0 Å². The van der Waals surface area contributed by atoms with Crippen LogP contribution in [0.2, 0.25) is 5.02 Å². The first kappa shape index (κ1) is 14.4. The minimum Gasteiger partial charge on any atom is -0.388 e. The van der Waals surface area contributed by atoms with Crippen LogP contribution < -0.4 is 5.32 Å². The normalized spacial score (nSPS) is 11.3. The average Bonchev–Trinajstić information content (AvgIpc) is 2.45. The third-order valence-corrected chi connectivity index (χ3v) is 3.09. The van der Waals surface area contributed by atoms with Crippen molar-refractivity contribution in [3.8, 4) is 0 Å². The summed E-state index contributed by atoms with van der Waals surface area (Å²) in [5, 5.41) is 10.3. The molecule has 0 radical (unpaired) electrons. The van der Waals surface area contributed by atoms with Gasteiger partial charge in [-0.25, -0.2) is 0 Å². The lowest BCUT2D eigenvalue weighted by molar-refractivity contribution is 0.438. The van der Waals surface area contributed by atoms with E-state index in [9.17, 15) is 0 Å². The molecule has 2 rings (SSSR count). The summed E-state index contributed by atoms with van der Waals surface area (Å²) in [6.45, 7) is 0. The Balaban J connectivity index is 2.62. The highest BCUT2D eigenvalue weighted by Gasteiger charge is 2.12. The van der Waals surface area contributed by atoms with Crippen molar-refractivity contribution in [1.82, 2.24) is 5.01 Å². The lowest BCUT2D eigenvalue weighted by Crippen LogP contribution is -2.13. The average molecular weight is 288 g/mol. The molecule has 1 N–H and O–H groups in total. The molecular formula is C16H18ClN3.